The van der Waals surface area contributed by atoms with E-state index in [4.69, 9.17) is 4.74 Å². The number of nitrogens with zero attached hydrogens (tertiary/aromatic N) is 1. The number of hydrogen-bond acceptors (Lipinski definition) is 3. The van der Waals surface area contributed by atoms with Crippen molar-refractivity contribution >= 4 is 21.8 Å². The summed E-state index contributed by atoms with van der Waals surface area (Å²) in [6.45, 7) is 0.683. The molecule has 1 aromatic carbocycles. The second-order valence-electron chi connectivity index (χ2n) is 4.33. The molecule has 1 aromatic rings. The van der Waals surface area contributed by atoms with Crippen LogP contribution < -0.4 is 4.74 Å². The third-order valence-corrected chi connectivity index (χ3v) is 3.48. The van der Waals surface area contributed by atoms with Crippen molar-refractivity contribution in [3.8, 4) is 11.5 Å². The van der Waals surface area contributed by atoms with Crippen molar-refractivity contribution in [1.29, 1.82) is 0 Å². The third-order valence-electron chi connectivity index (χ3n) is 2.92. The van der Waals surface area contributed by atoms with E-state index in [-0.39, 0.29) is 17.2 Å². The molecular formula is C14H20BrNO3. The molecule has 0 spiro atoms. The Morgan fingerprint density at radius 2 is 2.11 bits per heavy atom. The first-order chi connectivity index (χ1) is 9.11. The van der Waals surface area contributed by atoms with Gasteiger partial charge < -0.3 is 14.7 Å². The number of alkyl halides is 1. The summed E-state index contributed by atoms with van der Waals surface area (Å²) in [6.07, 6.45) is 3.14. The predicted molar refractivity (Wildman–Crippen MR) is 79.3 cm³/mol. The van der Waals surface area contributed by atoms with E-state index in [1.54, 1.807) is 30.1 Å². The van der Waals surface area contributed by atoms with Crippen LogP contribution in [0.2, 0.25) is 0 Å². The van der Waals surface area contributed by atoms with Crippen molar-refractivity contribution in [3.63, 3.8) is 0 Å². The van der Waals surface area contributed by atoms with Gasteiger partial charge in [-0.05, 0) is 25.0 Å². The van der Waals surface area contributed by atoms with Crippen molar-refractivity contribution in [3.05, 3.63) is 23.8 Å². The second kappa shape index (κ2) is 8.04. The summed E-state index contributed by atoms with van der Waals surface area (Å²) < 4.78 is 5.00. The number of methoxy groups -OCH3 is 1. The Morgan fingerprint density at radius 1 is 1.37 bits per heavy atom. The van der Waals surface area contributed by atoms with Gasteiger partial charge in [-0.15, -0.1) is 0 Å². The van der Waals surface area contributed by atoms with Crippen LogP contribution in [0.15, 0.2) is 18.2 Å². The number of ether oxygens (including phenoxy) is 1. The van der Waals surface area contributed by atoms with Crippen molar-refractivity contribution in [1.82, 2.24) is 4.90 Å². The van der Waals surface area contributed by atoms with Crippen LogP contribution in [0.1, 0.15) is 29.6 Å². The molecule has 0 bridgehead atoms. The summed E-state index contributed by atoms with van der Waals surface area (Å²) in [5.74, 6) is 0.0380. The van der Waals surface area contributed by atoms with E-state index in [0.29, 0.717) is 12.3 Å². The topological polar surface area (TPSA) is 49.8 Å². The Balaban J connectivity index is 2.66. The van der Waals surface area contributed by atoms with Crippen molar-refractivity contribution in [2.75, 3.05) is 26.0 Å². The van der Waals surface area contributed by atoms with Gasteiger partial charge in [-0.25, -0.2) is 0 Å². The number of rotatable bonds is 7. The molecule has 1 rings (SSSR count). The zero-order chi connectivity index (χ0) is 14.3. The minimum atomic E-state index is -0.185. The number of carbonyl (C=O) groups is 1. The summed E-state index contributed by atoms with van der Waals surface area (Å²) in [4.78, 5) is 13.8. The molecule has 0 aliphatic heterocycles. The number of benzene rings is 1. The monoisotopic (exact) mass is 329 g/mol. The highest BCUT2D eigenvalue weighted by Gasteiger charge is 2.17. The van der Waals surface area contributed by atoms with Crippen molar-refractivity contribution in [2.45, 2.75) is 19.3 Å². The maximum absolute atomic E-state index is 12.2. The zero-order valence-corrected chi connectivity index (χ0v) is 12.9. The fourth-order valence-corrected chi connectivity index (χ4v) is 2.18. The molecule has 0 saturated heterocycles. The normalized spacial score (nSPS) is 10.3. The summed E-state index contributed by atoms with van der Waals surface area (Å²) in [5, 5.41) is 10.9. The molecule has 1 N–H and O–H groups in total. The van der Waals surface area contributed by atoms with Gasteiger partial charge >= 0.3 is 0 Å². The first kappa shape index (κ1) is 15.8. The lowest BCUT2D eigenvalue weighted by Crippen LogP contribution is -2.27. The molecule has 0 aliphatic rings. The SMILES string of the molecule is COc1cccc(C(=O)N(C)CCCCCBr)c1O. The zero-order valence-electron chi connectivity index (χ0n) is 11.4. The summed E-state index contributed by atoms with van der Waals surface area (Å²) in [6, 6.07) is 4.93. The van der Waals surface area contributed by atoms with Gasteiger partial charge in [-0.3, -0.25) is 4.79 Å². The van der Waals surface area contributed by atoms with Crippen LogP contribution in [0.25, 0.3) is 0 Å². The molecule has 0 saturated carbocycles. The Morgan fingerprint density at radius 3 is 2.74 bits per heavy atom. The number of phenols is 1. The van der Waals surface area contributed by atoms with Crippen LogP contribution in [0.5, 0.6) is 11.5 Å². The third kappa shape index (κ3) is 4.42. The summed E-state index contributed by atoms with van der Waals surface area (Å²) in [7, 11) is 3.21. The van der Waals surface area contributed by atoms with Gasteiger partial charge in [0.15, 0.2) is 11.5 Å². The molecule has 0 heterocycles. The summed E-state index contributed by atoms with van der Waals surface area (Å²) in [5.41, 5.74) is 0.280. The molecule has 0 atom stereocenters. The molecule has 4 nitrogen and oxygen atoms in total. The van der Waals surface area contributed by atoms with E-state index in [0.717, 1.165) is 24.6 Å². The van der Waals surface area contributed by atoms with Crippen molar-refractivity contribution in [2.24, 2.45) is 0 Å². The van der Waals surface area contributed by atoms with E-state index in [9.17, 15) is 9.90 Å². The smallest absolute Gasteiger partial charge is 0.257 e. The quantitative estimate of drug-likeness (QED) is 0.618. The van der Waals surface area contributed by atoms with E-state index in [1.165, 1.54) is 7.11 Å². The number of halogens is 1. The van der Waals surface area contributed by atoms with Crippen LogP contribution in [0.4, 0.5) is 0 Å². The van der Waals surface area contributed by atoms with Gasteiger partial charge in [0.25, 0.3) is 5.91 Å². The fraction of sp³-hybridized carbons (Fsp3) is 0.500. The number of carbonyl (C=O) groups excluding carboxylic acids is 1. The minimum Gasteiger partial charge on any atom is -0.504 e. The minimum absolute atomic E-state index is 0.0951. The first-order valence-corrected chi connectivity index (χ1v) is 7.41. The highest BCUT2D eigenvalue weighted by molar-refractivity contribution is 9.09. The van der Waals surface area contributed by atoms with Crippen molar-refractivity contribution < 1.29 is 14.6 Å². The van der Waals surface area contributed by atoms with Gasteiger partial charge in [0.05, 0.1) is 12.7 Å². The number of aromatic hydroxyl groups is 1. The highest BCUT2D eigenvalue weighted by atomic mass is 79.9. The van der Waals surface area contributed by atoms with Gasteiger partial charge in [0, 0.05) is 18.9 Å². The maximum Gasteiger partial charge on any atom is 0.257 e. The van der Waals surface area contributed by atoms with E-state index >= 15 is 0 Å². The van der Waals surface area contributed by atoms with E-state index < -0.39 is 0 Å². The molecule has 0 fully saturated rings. The van der Waals surface area contributed by atoms with E-state index in [2.05, 4.69) is 15.9 Å². The lowest BCUT2D eigenvalue weighted by molar-refractivity contribution is 0.0789. The number of phenolic OH excluding ortho intramolecular Hbond substituents is 1. The Hall–Kier alpha value is -1.23. The molecule has 0 unspecified atom stereocenters. The Bertz CT molecular complexity index is 423. The predicted octanol–water partition coefficient (Wildman–Crippen LogP) is 3.04. The van der Waals surface area contributed by atoms with Crippen LogP contribution in [0, 0.1) is 0 Å². The molecule has 19 heavy (non-hydrogen) atoms. The first-order valence-electron chi connectivity index (χ1n) is 6.29. The van der Waals surface area contributed by atoms with Crippen LogP contribution in [-0.2, 0) is 0 Å². The average Bonchev–Trinajstić information content (AvgIpc) is 2.43. The molecule has 5 heteroatoms. The second-order valence-corrected chi connectivity index (χ2v) is 5.13. The standard InChI is InChI=1S/C14H20BrNO3/c1-16(10-5-3-4-9-15)14(18)11-7-6-8-12(19-2)13(11)17/h6-8,17H,3-5,9-10H2,1-2H3. The van der Waals surface area contributed by atoms with Crippen LogP contribution >= 0.6 is 15.9 Å². The maximum atomic E-state index is 12.2. The molecular weight excluding hydrogens is 310 g/mol. The molecule has 0 radical (unpaired) electrons. The molecule has 0 aromatic heterocycles. The average molecular weight is 330 g/mol. The molecule has 106 valence electrons. The van der Waals surface area contributed by atoms with Gasteiger partial charge in [0.1, 0.15) is 0 Å². The number of hydrogen-bond donors (Lipinski definition) is 1. The van der Waals surface area contributed by atoms with Crippen LogP contribution in [0.3, 0.4) is 0 Å². The largest absolute Gasteiger partial charge is 0.504 e. The molecule has 1 amide bonds. The molecule has 0 aliphatic carbocycles. The Labute approximate surface area is 122 Å². The summed E-state index contributed by atoms with van der Waals surface area (Å²) >= 11 is 3.38. The van der Waals surface area contributed by atoms with Gasteiger partial charge in [0.2, 0.25) is 0 Å². The van der Waals surface area contributed by atoms with Crippen LogP contribution in [-0.4, -0.2) is 41.9 Å². The van der Waals surface area contributed by atoms with E-state index in [1.807, 2.05) is 0 Å². The highest BCUT2D eigenvalue weighted by Crippen LogP contribution is 2.30. The van der Waals surface area contributed by atoms with Gasteiger partial charge in [-0.2, -0.15) is 0 Å². The fourth-order valence-electron chi connectivity index (χ4n) is 1.79. The lowest BCUT2D eigenvalue weighted by Gasteiger charge is -2.18. The Kier molecular flexibility index (Phi) is 6.70. The number of unbranched alkanes of at least 4 members (excludes halogenated alkanes) is 2. The number of amides is 1. The lowest BCUT2D eigenvalue weighted by atomic mass is 10.1. The number of para-hydroxylation sites is 1. The van der Waals surface area contributed by atoms with Gasteiger partial charge in [-0.1, -0.05) is 28.4 Å².